The lowest BCUT2D eigenvalue weighted by atomic mass is 9.98. The molecule has 2 unspecified atom stereocenters. The molecule has 1 aliphatic heterocycles. The minimum Gasteiger partial charge on any atom is -0.339 e. The van der Waals surface area contributed by atoms with Crippen LogP contribution in [0.25, 0.3) is 11.4 Å². The molecule has 3 rings (SSSR count). The number of aromatic nitrogens is 2. The lowest BCUT2D eigenvalue weighted by Gasteiger charge is -2.07. The van der Waals surface area contributed by atoms with E-state index in [1.54, 1.807) is 0 Å². The summed E-state index contributed by atoms with van der Waals surface area (Å²) in [4.78, 5) is 4.52. The van der Waals surface area contributed by atoms with Gasteiger partial charge in [0.05, 0.1) is 5.92 Å². The minimum absolute atomic E-state index is 0.332. The number of hydrogen-bond donors (Lipinski definition) is 1. The molecule has 0 bridgehead atoms. The van der Waals surface area contributed by atoms with Crippen molar-refractivity contribution >= 4 is 15.9 Å². The van der Waals surface area contributed by atoms with E-state index in [1.165, 1.54) is 0 Å². The topological polar surface area (TPSA) is 51.0 Å². The van der Waals surface area contributed by atoms with Gasteiger partial charge in [0, 0.05) is 16.6 Å². The number of rotatable bonds is 2. The van der Waals surface area contributed by atoms with Gasteiger partial charge in [-0.25, -0.2) is 0 Å². The molecule has 0 spiro atoms. The van der Waals surface area contributed by atoms with E-state index in [0.29, 0.717) is 17.7 Å². The molecular weight excluding hydrogens is 294 g/mol. The molecule has 5 heteroatoms. The highest BCUT2D eigenvalue weighted by Crippen LogP contribution is 2.28. The van der Waals surface area contributed by atoms with Crippen molar-refractivity contribution < 1.29 is 4.52 Å². The lowest BCUT2D eigenvalue weighted by molar-refractivity contribution is 0.340. The van der Waals surface area contributed by atoms with Crippen LogP contribution in [-0.4, -0.2) is 23.2 Å². The van der Waals surface area contributed by atoms with Gasteiger partial charge in [-0.3, -0.25) is 0 Å². The molecule has 0 amide bonds. The number of nitrogens with one attached hydrogen (secondary N) is 1. The highest BCUT2D eigenvalue weighted by Gasteiger charge is 2.29. The van der Waals surface area contributed by atoms with Crippen LogP contribution in [-0.2, 0) is 0 Å². The molecule has 1 saturated heterocycles. The summed E-state index contributed by atoms with van der Waals surface area (Å²) in [5.74, 6) is 2.27. The minimum atomic E-state index is 0.332. The summed E-state index contributed by atoms with van der Waals surface area (Å²) in [6.07, 6.45) is 0. The Hall–Kier alpha value is -1.20. The van der Waals surface area contributed by atoms with Crippen LogP contribution in [0.15, 0.2) is 33.3 Å². The van der Waals surface area contributed by atoms with Crippen LogP contribution in [0, 0.1) is 5.92 Å². The molecule has 94 valence electrons. The van der Waals surface area contributed by atoms with E-state index < -0.39 is 0 Å². The number of benzene rings is 1. The third-order valence-corrected chi connectivity index (χ3v) is 3.85. The second-order valence-electron chi connectivity index (χ2n) is 4.71. The van der Waals surface area contributed by atoms with Crippen LogP contribution in [0.4, 0.5) is 0 Å². The van der Waals surface area contributed by atoms with Gasteiger partial charge in [0.1, 0.15) is 0 Å². The molecule has 1 aromatic carbocycles. The average Bonchev–Trinajstić information content (AvgIpc) is 2.97. The molecule has 18 heavy (non-hydrogen) atoms. The Bertz CT molecular complexity index is 555. The van der Waals surface area contributed by atoms with Crippen molar-refractivity contribution in [3.8, 4) is 11.4 Å². The molecule has 0 radical (unpaired) electrons. The van der Waals surface area contributed by atoms with Crippen LogP contribution in [0.1, 0.15) is 18.7 Å². The first kappa shape index (κ1) is 11.9. The Morgan fingerprint density at radius 1 is 1.39 bits per heavy atom. The second kappa shape index (κ2) is 4.82. The van der Waals surface area contributed by atoms with E-state index in [4.69, 9.17) is 4.52 Å². The molecule has 4 nitrogen and oxygen atoms in total. The van der Waals surface area contributed by atoms with E-state index >= 15 is 0 Å². The van der Waals surface area contributed by atoms with E-state index in [1.807, 2.05) is 24.3 Å². The van der Waals surface area contributed by atoms with Gasteiger partial charge < -0.3 is 9.84 Å². The fraction of sp³-hybridized carbons (Fsp3) is 0.385. The van der Waals surface area contributed by atoms with Crippen molar-refractivity contribution in [1.29, 1.82) is 0 Å². The maximum Gasteiger partial charge on any atom is 0.231 e. The van der Waals surface area contributed by atoms with Gasteiger partial charge in [-0.1, -0.05) is 40.1 Å². The van der Waals surface area contributed by atoms with E-state index in [9.17, 15) is 0 Å². The fourth-order valence-electron chi connectivity index (χ4n) is 2.27. The first-order chi connectivity index (χ1) is 8.74. The van der Waals surface area contributed by atoms with Gasteiger partial charge in [-0.05, 0) is 24.6 Å². The van der Waals surface area contributed by atoms with E-state index in [2.05, 4.69) is 38.3 Å². The number of halogens is 1. The molecule has 0 aliphatic carbocycles. The van der Waals surface area contributed by atoms with Crippen LogP contribution in [0.5, 0.6) is 0 Å². The number of hydrogen-bond acceptors (Lipinski definition) is 4. The Labute approximate surface area is 114 Å². The maximum absolute atomic E-state index is 5.40. The Morgan fingerprint density at radius 2 is 2.28 bits per heavy atom. The fourth-order valence-corrected chi connectivity index (χ4v) is 2.67. The summed E-state index contributed by atoms with van der Waals surface area (Å²) in [7, 11) is 0. The summed E-state index contributed by atoms with van der Waals surface area (Å²) in [6, 6.07) is 7.92. The normalized spacial score (nSPS) is 23.4. The first-order valence-corrected chi connectivity index (χ1v) is 6.83. The van der Waals surface area contributed by atoms with Crippen molar-refractivity contribution in [3.05, 3.63) is 34.6 Å². The summed E-state index contributed by atoms with van der Waals surface area (Å²) < 4.78 is 6.41. The zero-order valence-electron chi connectivity index (χ0n) is 10.1. The largest absolute Gasteiger partial charge is 0.339 e. The average molecular weight is 308 g/mol. The quantitative estimate of drug-likeness (QED) is 0.927. The Morgan fingerprint density at radius 3 is 3.00 bits per heavy atom. The van der Waals surface area contributed by atoms with Crippen molar-refractivity contribution in [3.63, 3.8) is 0 Å². The van der Waals surface area contributed by atoms with Gasteiger partial charge >= 0.3 is 0 Å². The highest BCUT2D eigenvalue weighted by atomic mass is 79.9. The molecule has 1 aliphatic rings. The van der Waals surface area contributed by atoms with Crippen molar-refractivity contribution in [2.24, 2.45) is 5.92 Å². The van der Waals surface area contributed by atoms with Crippen molar-refractivity contribution in [1.82, 2.24) is 15.5 Å². The van der Waals surface area contributed by atoms with Crippen molar-refractivity contribution in [2.45, 2.75) is 12.8 Å². The van der Waals surface area contributed by atoms with Crippen molar-refractivity contribution in [2.75, 3.05) is 13.1 Å². The summed E-state index contributed by atoms with van der Waals surface area (Å²) in [5.41, 5.74) is 0.970. The smallest absolute Gasteiger partial charge is 0.231 e. The molecule has 1 fully saturated rings. The predicted molar refractivity (Wildman–Crippen MR) is 72.2 cm³/mol. The van der Waals surface area contributed by atoms with E-state index in [-0.39, 0.29) is 0 Å². The predicted octanol–water partition coefficient (Wildman–Crippen LogP) is 2.82. The maximum atomic E-state index is 5.40. The van der Waals surface area contributed by atoms with Crippen LogP contribution < -0.4 is 5.32 Å². The lowest BCUT2D eigenvalue weighted by Crippen LogP contribution is -2.08. The first-order valence-electron chi connectivity index (χ1n) is 6.04. The third-order valence-electron chi connectivity index (χ3n) is 3.36. The van der Waals surface area contributed by atoms with E-state index in [0.717, 1.165) is 29.0 Å². The standard InChI is InChI=1S/C13H14BrN3O/c1-8-6-15-7-11(8)13-16-12(17-18-13)9-3-2-4-10(14)5-9/h2-5,8,11,15H,6-7H2,1H3. The molecular formula is C13H14BrN3O. The van der Waals surface area contributed by atoms with Crippen LogP contribution >= 0.6 is 15.9 Å². The SMILES string of the molecule is CC1CNCC1c1nc(-c2cccc(Br)c2)no1. The van der Waals surface area contributed by atoms with Gasteiger partial charge in [-0.15, -0.1) is 0 Å². The van der Waals surface area contributed by atoms with Gasteiger partial charge in [0.15, 0.2) is 0 Å². The molecule has 2 heterocycles. The summed E-state index contributed by atoms with van der Waals surface area (Å²) >= 11 is 3.45. The van der Waals surface area contributed by atoms with Crippen LogP contribution in [0.2, 0.25) is 0 Å². The molecule has 2 aromatic rings. The molecule has 0 saturated carbocycles. The summed E-state index contributed by atoms with van der Waals surface area (Å²) in [6.45, 7) is 4.13. The zero-order chi connectivity index (χ0) is 12.5. The monoisotopic (exact) mass is 307 g/mol. The van der Waals surface area contributed by atoms with Gasteiger partial charge in [0.25, 0.3) is 0 Å². The van der Waals surface area contributed by atoms with Gasteiger partial charge in [0.2, 0.25) is 11.7 Å². The molecule has 1 N–H and O–H groups in total. The zero-order valence-corrected chi connectivity index (χ0v) is 11.6. The second-order valence-corrected chi connectivity index (χ2v) is 5.62. The van der Waals surface area contributed by atoms with Gasteiger partial charge in [-0.2, -0.15) is 4.98 Å². The molecule has 1 aromatic heterocycles. The third kappa shape index (κ3) is 2.20. The van der Waals surface area contributed by atoms with Crippen LogP contribution in [0.3, 0.4) is 0 Å². The Kier molecular flexibility index (Phi) is 3.18. The Balaban J connectivity index is 1.89. The summed E-state index contributed by atoms with van der Waals surface area (Å²) in [5, 5.41) is 7.42. The number of nitrogens with zero attached hydrogens (tertiary/aromatic N) is 2. The highest BCUT2D eigenvalue weighted by molar-refractivity contribution is 9.10. The molecule has 2 atom stereocenters.